The normalized spacial score (nSPS) is 26.3. The highest BCUT2D eigenvalue weighted by atomic mass is 32.2. The fourth-order valence-corrected chi connectivity index (χ4v) is 5.35. The van der Waals surface area contributed by atoms with E-state index in [1.165, 1.54) is 12.1 Å². The van der Waals surface area contributed by atoms with E-state index < -0.39 is 26.4 Å². The third kappa shape index (κ3) is 2.27. The maximum atomic E-state index is 12.9. The molecule has 3 atom stereocenters. The first-order valence-electron chi connectivity index (χ1n) is 7.20. The van der Waals surface area contributed by atoms with E-state index in [1.54, 1.807) is 30.3 Å². The molecule has 0 spiro atoms. The number of aryl methyl sites for hydroxylation is 1. The van der Waals surface area contributed by atoms with Gasteiger partial charge in [-0.25, -0.2) is 8.42 Å². The number of hydrogen-bond acceptors (Lipinski definition) is 4. The Morgan fingerprint density at radius 3 is 2.22 bits per heavy atom. The third-order valence-electron chi connectivity index (χ3n) is 4.41. The minimum Gasteiger partial charge on any atom is -0.302 e. The number of carbonyl (C=O) groups is 1. The van der Waals surface area contributed by atoms with Crippen molar-refractivity contribution in [3.63, 3.8) is 0 Å². The van der Waals surface area contributed by atoms with Gasteiger partial charge < -0.3 is 4.79 Å². The van der Waals surface area contributed by atoms with Crippen LogP contribution in [-0.4, -0.2) is 20.0 Å². The molecule has 0 radical (unpaired) electrons. The molecule has 2 aromatic rings. The summed E-state index contributed by atoms with van der Waals surface area (Å²) in [4.78, 5) is 11.7. The van der Waals surface area contributed by atoms with Gasteiger partial charge in [-0.3, -0.25) is 0 Å². The lowest BCUT2D eigenvalue weighted by molar-refractivity contribution is -0.110. The summed E-state index contributed by atoms with van der Waals surface area (Å²) in [6.45, 7) is 1.92. The SMILES string of the molecule is Cc1ccc([C@@H]2[C@@H](S(=O)(=O)c3ccccc3)[C@@]2(C#N)C=O)cc1. The van der Waals surface area contributed by atoms with Crippen molar-refractivity contribution in [1.82, 2.24) is 0 Å². The number of aldehydes is 1. The predicted molar refractivity (Wildman–Crippen MR) is 85.4 cm³/mol. The average Bonchev–Trinajstić information content (AvgIpc) is 3.27. The summed E-state index contributed by atoms with van der Waals surface area (Å²) in [5.41, 5.74) is 0.225. The molecule has 1 fully saturated rings. The Labute approximate surface area is 135 Å². The zero-order valence-electron chi connectivity index (χ0n) is 12.5. The first-order valence-corrected chi connectivity index (χ1v) is 8.75. The van der Waals surface area contributed by atoms with Crippen LogP contribution in [0.4, 0.5) is 0 Å². The second kappa shape index (κ2) is 5.32. The van der Waals surface area contributed by atoms with Crippen LogP contribution < -0.4 is 0 Å². The van der Waals surface area contributed by atoms with Crippen LogP contribution in [0.15, 0.2) is 59.5 Å². The van der Waals surface area contributed by atoms with Crippen molar-refractivity contribution in [2.75, 3.05) is 0 Å². The summed E-state index contributed by atoms with van der Waals surface area (Å²) in [5, 5.41) is 8.44. The summed E-state index contributed by atoms with van der Waals surface area (Å²) in [7, 11) is -3.76. The second-order valence-corrected chi connectivity index (χ2v) is 7.90. The zero-order valence-corrected chi connectivity index (χ0v) is 13.3. The number of carbonyl (C=O) groups excluding carboxylic acids is 1. The maximum Gasteiger partial charge on any atom is 0.183 e. The Hall–Kier alpha value is -2.45. The fourth-order valence-electron chi connectivity index (χ4n) is 3.09. The van der Waals surface area contributed by atoms with E-state index in [2.05, 4.69) is 0 Å². The van der Waals surface area contributed by atoms with Gasteiger partial charge in [0.1, 0.15) is 17.0 Å². The van der Waals surface area contributed by atoms with Crippen LogP contribution in [0.25, 0.3) is 0 Å². The van der Waals surface area contributed by atoms with Crippen LogP contribution >= 0.6 is 0 Å². The van der Waals surface area contributed by atoms with Crippen LogP contribution in [0.5, 0.6) is 0 Å². The molecule has 0 bridgehead atoms. The quantitative estimate of drug-likeness (QED) is 0.810. The van der Waals surface area contributed by atoms with E-state index in [-0.39, 0.29) is 4.90 Å². The van der Waals surface area contributed by atoms with Crippen LogP contribution in [0.2, 0.25) is 0 Å². The monoisotopic (exact) mass is 325 g/mol. The zero-order chi connectivity index (χ0) is 16.7. The van der Waals surface area contributed by atoms with E-state index in [4.69, 9.17) is 0 Å². The molecule has 0 N–H and O–H groups in total. The molecule has 1 saturated carbocycles. The van der Waals surface area contributed by atoms with E-state index in [1.807, 2.05) is 25.1 Å². The van der Waals surface area contributed by atoms with Gasteiger partial charge in [0.05, 0.1) is 11.0 Å². The highest BCUT2D eigenvalue weighted by molar-refractivity contribution is 7.92. The van der Waals surface area contributed by atoms with Crippen LogP contribution in [-0.2, 0) is 14.6 Å². The Morgan fingerprint density at radius 1 is 1.09 bits per heavy atom. The molecule has 23 heavy (non-hydrogen) atoms. The molecule has 0 saturated heterocycles. The summed E-state index contributed by atoms with van der Waals surface area (Å²) in [6.07, 6.45) is 0.489. The molecular formula is C18H15NO3S. The van der Waals surface area contributed by atoms with Crippen molar-refractivity contribution in [3.8, 4) is 6.07 Å². The molecule has 0 amide bonds. The minimum atomic E-state index is -3.76. The first kappa shape index (κ1) is 15.4. The Bertz CT molecular complexity index is 882. The van der Waals surface area contributed by atoms with Gasteiger partial charge in [-0.2, -0.15) is 5.26 Å². The molecule has 1 aliphatic rings. The topological polar surface area (TPSA) is 75.0 Å². The van der Waals surface area contributed by atoms with Crippen molar-refractivity contribution in [3.05, 3.63) is 65.7 Å². The lowest BCUT2D eigenvalue weighted by atomic mass is 10.0. The third-order valence-corrected chi connectivity index (χ3v) is 6.67. The number of hydrogen-bond donors (Lipinski definition) is 0. The molecule has 116 valence electrons. The van der Waals surface area contributed by atoms with Crippen molar-refractivity contribution >= 4 is 16.1 Å². The Kier molecular flexibility index (Phi) is 3.57. The standard InChI is InChI=1S/C18H15NO3S/c1-13-7-9-14(10-8-13)16-17(18(16,11-19)12-20)23(21,22)15-5-3-2-4-6-15/h2-10,12,16-17H,1H3/t16-,17-,18+/m1/s1. The van der Waals surface area contributed by atoms with Gasteiger partial charge >= 0.3 is 0 Å². The Balaban J connectivity index is 2.09. The van der Waals surface area contributed by atoms with Crippen molar-refractivity contribution in [1.29, 1.82) is 5.26 Å². The van der Waals surface area contributed by atoms with E-state index in [9.17, 15) is 18.5 Å². The van der Waals surface area contributed by atoms with Crippen molar-refractivity contribution < 1.29 is 13.2 Å². The minimum absolute atomic E-state index is 0.140. The largest absolute Gasteiger partial charge is 0.302 e. The molecule has 0 heterocycles. The van der Waals surface area contributed by atoms with Crippen LogP contribution in [0.1, 0.15) is 17.0 Å². The molecule has 4 nitrogen and oxygen atoms in total. The van der Waals surface area contributed by atoms with E-state index >= 15 is 0 Å². The number of nitriles is 1. The summed E-state index contributed by atoms with van der Waals surface area (Å²) >= 11 is 0. The molecule has 0 aromatic heterocycles. The van der Waals surface area contributed by atoms with Gasteiger partial charge in [0.2, 0.25) is 0 Å². The van der Waals surface area contributed by atoms with Gasteiger partial charge in [0, 0.05) is 5.92 Å². The molecule has 5 heteroatoms. The molecular weight excluding hydrogens is 310 g/mol. The molecule has 0 unspecified atom stereocenters. The van der Waals surface area contributed by atoms with Gasteiger partial charge in [-0.15, -0.1) is 0 Å². The summed E-state index contributed by atoms with van der Waals surface area (Å²) in [6, 6.07) is 17.2. The summed E-state index contributed by atoms with van der Waals surface area (Å²) in [5.74, 6) is -0.629. The molecule has 3 rings (SSSR count). The molecule has 0 aliphatic heterocycles. The Morgan fingerprint density at radius 2 is 1.70 bits per heavy atom. The predicted octanol–water partition coefficient (Wildman–Crippen LogP) is 2.64. The maximum absolute atomic E-state index is 12.9. The number of sulfone groups is 1. The van der Waals surface area contributed by atoms with Crippen LogP contribution in [0.3, 0.4) is 0 Å². The lowest BCUT2D eigenvalue weighted by Crippen LogP contribution is -2.16. The number of nitrogens with zero attached hydrogens (tertiary/aromatic N) is 1. The van der Waals surface area contributed by atoms with E-state index in [0.29, 0.717) is 11.8 Å². The number of rotatable bonds is 4. The van der Waals surface area contributed by atoms with Gasteiger partial charge in [-0.05, 0) is 24.6 Å². The van der Waals surface area contributed by atoms with Crippen molar-refractivity contribution in [2.45, 2.75) is 23.0 Å². The highest BCUT2D eigenvalue weighted by Gasteiger charge is 2.72. The molecule has 1 aliphatic carbocycles. The van der Waals surface area contributed by atoms with Gasteiger partial charge in [0.15, 0.2) is 9.84 Å². The van der Waals surface area contributed by atoms with Crippen molar-refractivity contribution in [2.24, 2.45) is 5.41 Å². The smallest absolute Gasteiger partial charge is 0.183 e. The molecule has 2 aromatic carbocycles. The van der Waals surface area contributed by atoms with Crippen LogP contribution in [0, 0.1) is 23.7 Å². The van der Waals surface area contributed by atoms with E-state index in [0.717, 1.165) is 5.56 Å². The second-order valence-electron chi connectivity index (χ2n) is 5.83. The van der Waals surface area contributed by atoms with Gasteiger partial charge in [0.25, 0.3) is 0 Å². The number of benzene rings is 2. The fraction of sp³-hybridized carbons (Fsp3) is 0.222. The first-order chi connectivity index (χ1) is 11.0. The summed E-state index contributed by atoms with van der Waals surface area (Å²) < 4.78 is 25.7. The van der Waals surface area contributed by atoms with Gasteiger partial charge in [-0.1, -0.05) is 48.0 Å². The lowest BCUT2D eigenvalue weighted by Gasteiger charge is -2.04. The average molecular weight is 325 g/mol. The highest BCUT2D eigenvalue weighted by Crippen LogP contribution is 2.62.